The van der Waals surface area contributed by atoms with Gasteiger partial charge in [0.25, 0.3) is 0 Å². The van der Waals surface area contributed by atoms with Crippen molar-refractivity contribution in [2.75, 3.05) is 0 Å². The molecule has 1 nitrogen and oxygen atoms in total. The fraction of sp³-hybridized carbons (Fsp3) is 1.00. The molecule has 0 N–H and O–H groups in total. The van der Waals surface area contributed by atoms with Crippen LogP contribution in [0.3, 0.4) is 0 Å². The highest BCUT2D eigenvalue weighted by Crippen LogP contribution is 2.59. The van der Waals surface area contributed by atoms with Crippen LogP contribution in [0.15, 0.2) is 0 Å². The molecule has 0 amide bonds. The van der Waals surface area contributed by atoms with E-state index in [0.29, 0.717) is 12.2 Å². The van der Waals surface area contributed by atoms with Crippen LogP contribution in [0, 0.1) is 23.7 Å². The van der Waals surface area contributed by atoms with Gasteiger partial charge in [-0.05, 0) is 69.6 Å². The third-order valence-electron chi connectivity index (χ3n) is 4.82. The minimum atomic E-state index is 0.429. The van der Waals surface area contributed by atoms with E-state index in [1.165, 1.54) is 32.1 Å². The summed E-state index contributed by atoms with van der Waals surface area (Å²) in [7, 11) is 0. The Bertz CT molecular complexity index is 223. The van der Waals surface area contributed by atoms with E-state index in [0.717, 1.165) is 23.7 Å². The first-order valence-corrected chi connectivity index (χ1v) is 6.41. The van der Waals surface area contributed by atoms with E-state index < -0.39 is 0 Å². The molecule has 3 saturated carbocycles. The number of rotatable bonds is 2. The van der Waals surface area contributed by atoms with Crippen molar-refractivity contribution in [2.24, 2.45) is 23.7 Å². The minimum absolute atomic E-state index is 0.429. The van der Waals surface area contributed by atoms with Gasteiger partial charge in [-0.2, -0.15) is 0 Å². The molecule has 2 bridgehead atoms. The largest absolute Gasteiger partial charge is 0.375 e. The van der Waals surface area contributed by atoms with Crippen LogP contribution in [0.2, 0.25) is 0 Å². The van der Waals surface area contributed by atoms with E-state index in [4.69, 9.17) is 4.74 Å². The molecule has 0 radical (unpaired) electrons. The highest BCUT2D eigenvalue weighted by molar-refractivity contribution is 5.03. The smallest absolute Gasteiger partial charge is 0.0612 e. The lowest BCUT2D eigenvalue weighted by molar-refractivity contribution is -0.0308. The van der Waals surface area contributed by atoms with Crippen molar-refractivity contribution in [1.82, 2.24) is 0 Å². The maximum Gasteiger partial charge on any atom is 0.0612 e. The SMILES string of the molecule is CC(C)OC1CCC2C3CCC(C3)C12. The second-order valence-electron chi connectivity index (χ2n) is 5.88. The molecule has 3 fully saturated rings. The molecule has 0 aromatic carbocycles. The molecule has 80 valence electrons. The minimum Gasteiger partial charge on any atom is -0.375 e. The molecule has 3 aliphatic carbocycles. The van der Waals surface area contributed by atoms with Gasteiger partial charge in [0.1, 0.15) is 0 Å². The zero-order valence-electron chi connectivity index (χ0n) is 9.41. The van der Waals surface area contributed by atoms with E-state index in [9.17, 15) is 0 Å². The lowest BCUT2D eigenvalue weighted by atomic mass is 9.81. The maximum atomic E-state index is 6.08. The summed E-state index contributed by atoms with van der Waals surface area (Å²) in [6.07, 6.45) is 8.43. The molecule has 1 heteroatoms. The first-order valence-electron chi connectivity index (χ1n) is 6.41. The third kappa shape index (κ3) is 1.25. The van der Waals surface area contributed by atoms with Crippen LogP contribution in [-0.4, -0.2) is 12.2 Å². The van der Waals surface area contributed by atoms with Crippen LogP contribution in [0.25, 0.3) is 0 Å². The lowest BCUT2D eigenvalue weighted by Gasteiger charge is -2.29. The Morgan fingerprint density at radius 2 is 1.79 bits per heavy atom. The van der Waals surface area contributed by atoms with E-state index in [-0.39, 0.29) is 0 Å². The molecule has 5 atom stereocenters. The van der Waals surface area contributed by atoms with Gasteiger partial charge in [-0.15, -0.1) is 0 Å². The summed E-state index contributed by atoms with van der Waals surface area (Å²) in [5, 5.41) is 0. The molecule has 0 aromatic heterocycles. The van der Waals surface area contributed by atoms with Gasteiger partial charge in [-0.1, -0.05) is 0 Å². The van der Waals surface area contributed by atoms with E-state index >= 15 is 0 Å². The standard InChI is InChI=1S/C13H22O/c1-8(2)14-12-6-5-11-9-3-4-10(7-9)13(11)12/h8-13H,3-7H2,1-2H3. The predicted octanol–water partition coefficient (Wildman–Crippen LogP) is 3.24. The number of ether oxygens (including phenoxy) is 1. The molecule has 0 aliphatic heterocycles. The highest BCUT2D eigenvalue weighted by Gasteiger charge is 2.53. The van der Waals surface area contributed by atoms with Gasteiger partial charge in [-0.25, -0.2) is 0 Å². The normalized spacial score (nSPS) is 50.4. The molecule has 5 unspecified atom stereocenters. The Balaban J connectivity index is 1.73. The Hall–Kier alpha value is -0.0400. The van der Waals surface area contributed by atoms with Gasteiger partial charge in [0.05, 0.1) is 12.2 Å². The van der Waals surface area contributed by atoms with Crippen LogP contribution in [0.4, 0.5) is 0 Å². The van der Waals surface area contributed by atoms with Gasteiger partial charge in [0.2, 0.25) is 0 Å². The van der Waals surface area contributed by atoms with Gasteiger partial charge in [0, 0.05) is 0 Å². The van der Waals surface area contributed by atoms with E-state index in [2.05, 4.69) is 13.8 Å². The summed E-state index contributed by atoms with van der Waals surface area (Å²) in [6, 6.07) is 0. The van der Waals surface area contributed by atoms with Gasteiger partial charge >= 0.3 is 0 Å². The third-order valence-corrected chi connectivity index (χ3v) is 4.82. The van der Waals surface area contributed by atoms with Crippen LogP contribution in [-0.2, 0) is 4.74 Å². The first-order chi connectivity index (χ1) is 6.75. The number of hydrogen-bond donors (Lipinski definition) is 0. The zero-order valence-corrected chi connectivity index (χ0v) is 9.41. The van der Waals surface area contributed by atoms with Crippen LogP contribution >= 0.6 is 0 Å². The van der Waals surface area contributed by atoms with Gasteiger partial charge in [-0.3, -0.25) is 0 Å². The van der Waals surface area contributed by atoms with Crippen molar-refractivity contribution >= 4 is 0 Å². The number of fused-ring (bicyclic) bond motifs is 5. The Labute approximate surface area is 87.2 Å². The van der Waals surface area contributed by atoms with Crippen LogP contribution in [0.5, 0.6) is 0 Å². The molecule has 0 heterocycles. The summed E-state index contributed by atoms with van der Waals surface area (Å²) in [4.78, 5) is 0. The second-order valence-corrected chi connectivity index (χ2v) is 5.88. The Morgan fingerprint density at radius 1 is 1.00 bits per heavy atom. The van der Waals surface area contributed by atoms with Crippen molar-refractivity contribution < 1.29 is 4.74 Å². The first kappa shape index (κ1) is 9.21. The monoisotopic (exact) mass is 194 g/mol. The fourth-order valence-corrected chi connectivity index (χ4v) is 4.52. The zero-order chi connectivity index (χ0) is 9.71. The molecule has 14 heavy (non-hydrogen) atoms. The molecule has 3 rings (SSSR count). The van der Waals surface area contributed by atoms with Gasteiger partial charge in [0.15, 0.2) is 0 Å². The van der Waals surface area contributed by atoms with E-state index in [1.54, 1.807) is 0 Å². The molecule has 0 saturated heterocycles. The maximum absolute atomic E-state index is 6.08. The fourth-order valence-electron chi connectivity index (χ4n) is 4.52. The quantitative estimate of drug-likeness (QED) is 0.655. The summed E-state index contributed by atoms with van der Waals surface area (Å²) < 4.78 is 6.08. The molecular formula is C13H22O. The van der Waals surface area contributed by atoms with Crippen molar-refractivity contribution in [3.05, 3.63) is 0 Å². The second kappa shape index (κ2) is 3.23. The molecule has 0 aromatic rings. The summed E-state index contributed by atoms with van der Waals surface area (Å²) in [6.45, 7) is 4.36. The van der Waals surface area contributed by atoms with Crippen LogP contribution in [0.1, 0.15) is 46.0 Å². The van der Waals surface area contributed by atoms with Crippen molar-refractivity contribution in [3.63, 3.8) is 0 Å². The Morgan fingerprint density at radius 3 is 2.57 bits per heavy atom. The Kier molecular flexibility index (Phi) is 2.12. The summed E-state index contributed by atoms with van der Waals surface area (Å²) in [5.41, 5.74) is 0. The molecular weight excluding hydrogens is 172 g/mol. The lowest BCUT2D eigenvalue weighted by Crippen LogP contribution is -2.29. The predicted molar refractivity (Wildman–Crippen MR) is 57.1 cm³/mol. The topological polar surface area (TPSA) is 9.23 Å². The van der Waals surface area contributed by atoms with Crippen molar-refractivity contribution in [2.45, 2.75) is 58.2 Å². The average Bonchev–Trinajstić information content (AvgIpc) is 2.74. The van der Waals surface area contributed by atoms with Gasteiger partial charge < -0.3 is 4.74 Å². The highest BCUT2D eigenvalue weighted by atomic mass is 16.5. The van der Waals surface area contributed by atoms with E-state index in [1.807, 2.05) is 0 Å². The molecule has 0 spiro atoms. The van der Waals surface area contributed by atoms with Crippen molar-refractivity contribution in [3.8, 4) is 0 Å². The van der Waals surface area contributed by atoms with Crippen LogP contribution < -0.4 is 0 Å². The molecule has 3 aliphatic rings. The number of hydrogen-bond acceptors (Lipinski definition) is 1. The summed E-state index contributed by atoms with van der Waals surface area (Å²) in [5.74, 6) is 4.13. The van der Waals surface area contributed by atoms with Crippen molar-refractivity contribution in [1.29, 1.82) is 0 Å². The summed E-state index contributed by atoms with van der Waals surface area (Å²) >= 11 is 0. The average molecular weight is 194 g/mol.